The summed E-state index contributed by atoms with van der Waals surface area (Å²) in [6.07, 6.45) is 68.0. The summed E-state index contributed by atoms with van der Waals surface area (Å²) in [4.78, 5) is 37.7. The molecule has 9 nitrogen and oxygen atoms in total. The number of hydrogen-bond donors (Lipinski definition) is 0. The molecular weight excluding hydrogens is 894 g/mol. The van der Waals surface area contributed by atoms with E-state index < -0.39 is 32.5 Å². The van der Waals surface area contributed by atoms with Crippen LogP contribution in [0.5, 0.6) is 0 Å². The third-order valence-electron chi connectivity index (χ3n) is 11.9. The molecule has 404 valence electrons. The van der Waals surface area contributed by atoms with Crippen molar-refractivity contribution in [3.63, 3.8) is 0 Å². The SMILES string of the molecule is CC/C=C\C/C=C\C/C=C\C/C=C\CCCCCCCCCCCCCCCCCCCCCCC(=O)OC(COC(=O)CCCCC/C=C\C/C=C\C/C=C\CC)COP(=O)([O-])OCC[N+](C)(C)C. The fourth-order valence-corrected chi connectivity index (χ4v) is 8.33. The first-order valence-corrected chi connectivity index (χ1v) is 29.8. The van der Waals surface area contributed by atoms with E-state index in [1.165, 1.54) is 109 Å². The Hall–Kier alpha value is -2.81. The monoisotopic (exact) mass is 1000 g/mol. The van der Waals surface area contributed by atoms with E-state index in [-0.39, 0.29) is 26.1 Å². The molecule has 0 aromatic rings. The van der Waals surface area contributed by atoms with Crippen LogP contribution in [0.1, 0.15) is 232 Å². The molecule has 0 saturated carbocycles. The summed E-state index contributed by atoms with van der Waals surface area (Å²) in [6, 6.07) is 0. The van der Waals surface area contributed by atoms with Crippen molar-refractivity contribution in [2.24, 2.45) is 0 Å². The van der Waals surface area contributed by atoms with Crippen LogP contribution in [0.4, 0.5) is 0 Å². The quantitative estimate of drug-likeness (QED) is 0.0195. The van der Waals surface area contributed by atoms with Crippen LogP contribution in [0.25, 0.3) is 0 Å². The van der Waals surface area contributed by atoms with Gasteiger partial charge in [0.1, 0.15) is 19.8 Å². The molecule has 0 fully saturated rings. The van der Waals surface area contributed by atoms with Crippen LogP contribution in [0.2, 0.25) is 0 Å². The maximum Gasteiger partial charge on any atom is 0.306 e. The summed E-state index contributed by atoms with van der Waals surface area (Å²) in [7, 11) is 1.15. The van der Waals surface area contributed by atoms with Gasteiger partial charge in [0.25, 0.3) is 7.82 Å². The van der Waals surface area contributed by atoms with Crippen LogP contribution in [-0.4, -0.2) is 70.0 Å². The molecule has 0 aromatic carbocycles. The summed E-state index contributed by atoms with van der Waals surface area (Å²) in [5.41, 5.74) is 0. The van der Waals surface area contributed by atoms with E-state index in [1.54, 1.807) is 0 Å². The first kappa shape index (κ1) is 67.2. The molecular formula is C60H106NO8P. The van der Waals surface area contributed by atoms with Crippen molar-refractivity contribution < 1.29 is 42.1 Å². The summed E-state index contributed by atoms with van der Waals surface area (Å²) in [5.74, 6) is -0.866. The number of nitrogens with zero attached hydrogens (tertiary/aromatic N) is 1. The van der Waals surface area contributed by atoms with E-state index in [1.807, 2.05) is 21.1 Å². The van der Waals surface area contributed by atoms with Gasteiger partial charge in [-0.1, -0.05) is 221 Å². The van der Waals surface area contributed by atoms with Gasteiger partial charge in [0.05, 0.1) is 27.7 Å². The van der Waals surface area contributed by atoms with E-state index in [2.05, 4.69) is 98.9 Å². The highest BCUT2D eigenvalue weighted by molar-refractivity contribution is 7.45. The first-order chi connectivity index (χ1) is 34.0. The van der Waals surface area contributed by atoms with Gasteiger partial charge in [0, 0.05) is 12.8 Å². The number of hydrogen-bond acceptors (Lipinski definition) is 8. The molecule has 0 amide bonds. The lowest BCUT2D eigenvalue weighted by molar-refractivity contribution is -0.870. The van der Waals surface area contributed by atoms with Crippen molar-refractivity contribution in [3.8, 4) is 0 Å². The van der Waals surface area contributed by atoms with Gasteiger partial charge in [-0.25, -0.2) is 0 Å². The number of esters is 2. The number of carbonyl (C=O) groups is 2. The van der Waals surface area contributed by atoms with Crippen LogP contribution in [0.3, 0.4) is 0 Å². The molecule has 0 aliphatic heterocycles. The average Bonchev–Trinajstić information content (AvgIpc) is 3.32. The Kier molecular flexibility index (Phi) is 49.1. The fourth-order valence-electron chi connectivity index (χ4n) is 7.60. The zero-order chi connectivity index (χ0) is 51.3. The molecule has 2 unspecified atom stereocenters. The van der Waals surface area contributed by atoms with E-state index in [0.29, 0.717) is 23.9 Å². The molecule has 0 aliphatic rings. The minimum absolute atomic E-state index is 0.0377. The Morgan fingerprint density at radius 3 is 1.16 bits per heavy atom. The van der Waals surface area contributed by atoms with Gasteiger partial charge in [0.2, 0.25) is 0 Å². The highest BCUT2D eigenvalue weighted by Crippen LogP contribution is 2.38. The molecule has 0 saturated heterocycles. The number of carbonyl (C=O) groups excluding carboxylic acids is 2. The number of phosphoric acid groups is 1. The number of likely N-dealkylation sites (N-methyl/N-ethyl adjacent to an activating group) is 1. The van der Waals surface area contributed by atoms with Gasteiger partial charge in [0.15, 0.2) is 6.10 Å². The Morgan fingerprint density at radius 1 is 0.443 bits per heavy atom. The van der Waals surface area contributed by atoms with Gasteiger partial charge in [-0.15, -0.1) is 0 Å². The number of rotatable bonds is 51. The lowest BCUT2D eigenvalue weighted by Gasteiger charge is -2.28. The molecule has 2 atom stereocenters. The Morgan fingerprint density at radius 2 is 0.771 bits per heavy atom. The van der Waals surface area contributed by atoms with Crippen molar-refractivity contribution in [2.75, 3.05) is 47.5 Å². The maximum atomic E-state index is 12.8. The number of phosphoric ester groups is 1. The predicted molar refractivity (Wildman–Crippen MR) is 296 cm³/mol. The van der Waals surface area contributed by atoms with Crippen molar-refractivity contribution in [2.45, 2.75) is 238 Å². The fraction of sp³-hybridized carbons (Fsp3) is 0.733. The number of ether oxygens (including phenoxy) is 2. The van der Waals surface area contributed by atoms with Gasteiger partial charge < -0.3 is 27.9 Å². The zero-order valence-corrected chi connectivity index (χ0v) is 46.6. The Balaban J connectivity index is 4.03. The molecule has 0 radical (unpaired) electrons. The minimum Gasteiger partial charge on any atom is -0.756 e. The average molecular weight is 1000 g/mol. The third kappa shape index (κ3) is 54.5. The highest BCUT2D eigenvalue weighted by atomic mass is 31.2. The largest absolute Gasteiger partial charge is 0.756 e. The second kappa shape index (κ2) is 51.1. The van der Waals surface area contributed by atoms with E-state index in [9.17, 15) is 19.0 Å². The molecule has 0 spiro atoms. The van der Waals surface area contributed by atoms with Crippen LogP contribution < -0.4 is 4.89 Å². The normalized spacial score (nSPS) is 14.0. The smallest absolute Gasteiger partial charge is 0.306 e. The molecule has 0 aliphatic carbocycles. The van der Waals surface area contributed by atoms with Crippen LogP contribution >= 0.6 is 7.82 Å². The summed E-state index contributed by atoms with van der Waals surface area (Å²) < 4.78 is 34.0. The van der Waals surface area contributed by atoms with E-state index in [0.717, 1.165) is 83.5 Å². The molecule has 0 aromatic heterocycles. The topological polar surface area (TPSA) is 111 Å². The van der Waals surface area contributed by atoms with Crippen molar-refractivity contribution in [1.29, 1.82) is 0 Å². The maximum absolute atomic E-state index is 12.8. The first-order valence-electron chi connectivity index (χ1n) is 28.3. The summed E-state index contributed by atoms with van der Waals surface area (Å²) in [6.45, 7) is 3.98. The van der Waals surface area contributed by atoms with Crippen molar-refractivity contribution in [3.05, 3.63) is 85.1 Å². The molecule has 10 heteroatoms. The van der Waals surface area contributed by atoms with Gasteiger partial charge in [-0.3, -0.25) is 14.2 Å². The Labute approximate surface area is 431 Å². The Bertz CT molecular complexity index is 1460. The van der Waals surface area contributed by atoms with Gasteiger partial charge >= 0.3 is 11.9 Å². The van der Waals surface area contributed by atoms with Crippen molar-refractivity contribution in [1.82, 2.24) is 0 Å². The van der Waals surface area contributed by atoms with Crippen LogP contribution in [-0.2, 0) is 32.7 Å². The summed E-state index contributed by atoms with van der Waals surface area (Å²) >= 11 is 0. The summed E-state index contributed by atoms with van der Waals surface area (Å²) in [5, 5.41) is 0. The second-order valence-electron chi connectivity index (χ2n) is 19.9. The lowest BCUT2D eigenvalue weighted by Crippen LogP contribution is -2.37. The number of allylic oxidation sites excluding steroid dienone is 14. The molecule has 0 rings (SSSR count). The third-order valence-corrected chi connectivity index (χ3v) is 12.9. The molecule has 0 bridgehead atoms. The lowest BCUT2D eigenvalue weighted by atomic mass is 10.0. The molecule has 0 heterocycles. The zero-order valence-electron chi connectivity index (χ0n) is 45.7. The number of unbranched alkanes of at least 4 members (excludes halogenated alkanes) is 23. The standard InChI is InChI=1S/C60H106NO8P/c1-6-8-10-12-14-16-18-20-21-22-23-24-25-26-27-28-29-30-31-32-33-34-35-36-37-38-39-41-43-45-47-49-51-53-60(63)69-58(57-68-70(64,65)67-55-54-61(3,4)5)56-66-59(62)52-50-48-46-44-42-40-19-17-15-13-11-9-7-2/h8-11,14-17,20-21,23-24,40,42,58H,6-7,12-13,18-19,22,25-39,41,43-57H2,1-5H3/b10-8-,11-9-,16-14-,17-15-,21-20-,24-23-,42-40-. The van der Waals surface area contributed by atoms with E-state index >= 15 is 0 Å². The van der Waals surface area contributed by atoms with Gasteiger partial charge in [-0.05, 0) is 83.5 Å². The second-order valence-corrected chi connectivity index (χ2v) is 21.3. The highest BCUT2D eigenvalue weighted by Gasteiger charge is 2.21. The van der Waals surface area contributed by atoms with E-state index in [4.69, 9.17) is 18.5 Å². The van der Waals surface area contributed by atoms with Gasteiger partial charge in [-0.2, -0.15) is 0 Å². The predicted octanol–water partition coefficient (Wildman–Crippen LogP) is 16.8. The van der Waals surface area contributed by atoms with Crippen molar-refractivity contribution >= 4 is 19.8 Å². The minimum atomic E-state index is -4.64. The van der Waals surface area contributed by atoms with Crippen LogP contribution in [0, 0.1) is 0 Å². The van der Waals surface area contributed by atoms with Crippen LogP contribution in [0.15, 0.2) is 85.1 Å². The molecule has 70 heavy (non-hydrogen) atoms. The number of quaternary nitrogens is 1. The molecule has 0 N–H and O–H groups in total.